The molecule has 0 aliphatic carbocycles. The zero-order chi connectivity index (χ0) is 15.1. The molecule has 0 bridgehead atoms. The van der Waals surface area contributed by atoms with Crippen LogP contribution >= 0.6 is 0 Å². The second kappa shape index (κ2) is 8.60. The Kier molecular flexibility index (Phi) is 7.48. The zero-order valence-electron chi connectivity index (χ0n) is 13.7. The number of carbonyl (C=O) groups excluding carboxylic acids is 1. The van der Waals surface area contributed by atoms with Gasteiger partial charge in [0.1, 0.15) is 6.04 Å². The van der Waals surface area contributed by atoms with Crippen LogP contribution in [0.1, 0.15) is 34.1 Å². The van der Waals surface area contributed by atoms with Crippen LogP contribution in [0.4, 0.5) is 0 Å². The van der Waals surface area contributed by atoms with E-state index in [0.29, 0.717) is 12.6 Å². The molecule has 1 aliphatic rings. The van der Waals surface area contributed by atoms with Gasteiger partial charge in [0.15, 0.2) is 0 Å². The maximum atomic E-state index is 12.0. The average Bonchev–Trinajstić information content (AvgIpc) is 2.39. The Morgan fingerprint density at radius 1 is 1.35 bits per heavy atom. The Labute approximate surface area is 123 Å². The van der Waals surface area contributed by atoms with Gasteiger partial charge in [-0.25, -0.2) is 0 Å². The number of hydrogen-bond donors (Lipinski definition) is 1. The summed E-state index contributed by atoms with van der Waals surface area (Å²) < 4.78 is 5.18. The second-order valence-electron chi connectivity index (χ2n) is 5.93. The van der Waals surface area contributed by atoms with Crippen LogP contribution in [0.5, 0.6) is 0 Å². The number of carbonyl (C=O) groups is 1. The lowest BCUT2D eigenvalue weighted by Gasteiger charge is -2.40. The normalized spacial score (nSPS) is 23.0. The molecular formula is C15H31N3O2. The molecule has 2 unspecified atom stereocenters. The number of nitrogens with zero attached hydrogens (tertiary/aromatic N) is 2. The van der Waals surface area contributed by atoms with E-state index in [9.17, 15) is 4.79 Å². The average molecular weight is 285 g/mol. The van der Waals surface area contributed by atoms with Crippen molar-refractivity contribution in [1.82, 2.24) is 15.1 Å². The third-order valence-electron chi connectivity index (χ3n) is 3.88. The lowest BCUT2D eigenvalue weighted by molar-refractivity contribution is -0.146. The first-order valence-electron chi connectivity index (χ1n) is 7.83. The molecular weight excluding hydrogens is 254 g/mol. The summed E-state index contributed by atoms with van der Waals surface area (Å²) in [5.41, 5.74) is 0. The van der Waals surface area contributed by atoms with Crippen molar-refractivity contribution in [2.45, 2.75) is 52.2 Å². The van der Waals surface area contributed by atoms with Crippen molar-refractivity contribution >= 4 is 5.97 Å². The summed E-state index contributed by atoms with van der Waals surface area (Å²) in [5, 5.41) is 3.33. The first-order valence-corrected chi connectivity index (χ1v) is 7.83. The van der Waals surface area contributed by atoms with Crippen LogP contribution in [-0.2, 0) is 9.53 Å². The maximum Gasteiger partial charge on any atom is 0.324 e. The molecule has 1 aliphatic heterocycles. The SMILES string of the molecule is CCOC(=O)C(CN1CCN(C)C(CC)C1)NC(C)C. The summed E-state index contributed by atoms with van der Waals surface area (Å²) >= 11 is 0. The van der Waals surface area contributed by atoms with Crippen LogP contribution in [0.2, 0.25) is 0 Å². The van der Waals surface area contributed by atoms with Crippen molar-refractivity contribution in [2.75, 3.05) is 39.8 Å². The van der Waals surface area contributed by atoms with E-state index in [2.05, 4.69) is 42.9 Å². The fourth-order valence-electron chi connectivity index (χ4n) is 2.72. The zero-order valence-corrected chi connectivity index (χ0v) is 13.7. The highest BCUT2D eigenvalue weighted by molar-refractivity contribution is 5.76. The summed E-state index contributed by atoms with van der Waals surface area (Å²) in [4.78, 5) is 16.8. The molecule has 2 atom stereocenters. The number of likely N-dealkylation sites (N-methyl/N-ethyl adjacent to an activating group) is 1. The maximum absolute atomic E-state index is 12.0. The Balaban J connectivity index is 2.57. The largest absolute Gasteiger partial charge is 0.465 e. The topological polar surface area (TPSA) is 44.8 Å². The number of hydrogen-bond acceptors (Lipinski definition) is 5. The minimum Gasteiger partial charge on any atom is -0.465 e. The molecule has 0 amide bonds. The number of nitrogens with one attached hydrogen (secondary N) is 1. The van der Waals surface area contributed by atoms with E-state index in [1.807, 2.05) is 6.92 Å². The predicted octanol–water partition coefficient (Wildman–Crippen LogP) is 0.942. The van der Waals surface area contributed by atoms with Gasteiger partial charge in [-0.05, 0) is 20.4 Å². The highest BCUT2D eigenvalue weighted by Crippen LogP contribution is 2.11. The van der Waals surface area contributed by atoms with Crippen molar-refractivity contribution in [3.05, 3.63) is 0 Å². The van der Waals surface area contributed by atoms with Gasteiger partial charge in [0.05, 0.1) is 6.61 Å². The van der Waals surface area contributed by atoms with Crippen molar-refractivity contribution in [3.63, 3.8) is 0 Å². The minimum atomic E-state index is -0.226. The highest BCUT2D eigenvalue weighted by atomic mass is 16.5. The van der Waals surface area contributed by atoms with Gasteiger partial charge < -0.3 is 15.0 Å². The van der Waals surface area contributed by atoms with Crippen LogP contribution in [0.15, 0.2) is 0 Å². The summed E-state index contributed by atoms with van der Waals surface area (Å²) in [5.74, 6) is -0.131. The number of ether oxygens (including phenoxy) is 1. The monoisotopic (exact) mass is 285 g/mol. The number of rotatable bonds is 7. The van der Waals surface area contributed by atoms with Crippen molar-refractivity contribution in [2.24, 2.45) is 0 Å². The molecule has 5 heteroatoms. The molecule has 20 heavy (non-hydrogen) atoms. The highest BCUT2D eigenvalue weighted by Gasteiger charge is 2.28. The van der Waals surface area contributed by atoms with Crippen LogP contribution in [0.3, 0.4) is 0 Å². The van der Waals surface area contributed by atoms with Crippen molar-refractivity contribution in [3.8, 4) is 0 Å². The third kappa shape index (κ3) is 5.38. The van der Waals surface area contributed by atoms with E-state index in [1.165, 1.54) is 0 Å². The fourth-order valence-corrected chi connectivity index (χ4v) is 2.72. The van der Waals surface area contributed by atoms with Crippen LogP contribution in [0, 0.1) is 0 Å². The quantitative estimate of drug-likeness (QED) is 0.705. The van der Waals surface area contributed by atoms with Crippen LogP contribution in [-0.4, -0.2) is 73.7 Å². The molecule has 1 saturated heterocycles. The Hall–Kier alpha value is -0.650. The van der Waals surface area contributed by atoms with E-state index in [0.717, 1.165) is 32.6 Å². The molecule has 0 aromatic heterocycles. The molecule has 1 fully saturated rings. The first kappa shape index (κ1) is 17.4. The van der Waals surface area contributed by atoms with Gasteiger partial charge >= 0.3 is 5.97 Å². The lowest BCUT2D eigenvalue weighted by Crippen LogP contribution is -2.56. The molecule has 0 aromatic rings. The van der Waals surface area contributed by atoms with E-state index in [-0.39, 0.29) is 18.1 Å². The first-order chi connectivity index (χ1) is 9.47. The minimum absolute atomic E-state index is 0.131. The molecule has 0 radical (unpaired) electrons. The van der Waals surface area contributed by atoms with E-state index in [4.69, 9.17) is 4.74 Å². The fraction of sp³-hybridized carbons (Fsp3) is 0.933. The summed E-state index contributed by atoms with van der Waals surface area (Å²) in [6, 6.07) is 0.639. The van der Waals surface area contributed by atoms with Gasteiger partial charge in [0, 0.05) is 38.3 Å². The molecule has 5 nitrogen and oxygen atoms in total. The second-order valence-corrected chi connectivity index (χ2v) is 5.93. The van der Waals surface area contributed by atoms with Gasteiger partial charge in [0.2, 0.25) is 0 Å². The number of piperazine rings is 1. The summed E-state index contributed by atoms with van der Waals surface area (Å²) in [6.45, 7) is 12.5. The van der Waals surface area contributed by atoms with Gasteiger partial charge in [-0.15, -0.1) is 0 Å². The van der Waals surface area contributed by atoms with Crippen LogP contribution in [0.25, 0.3) is 0 Å². The standard InChI is InChI=1S/C15H31N3O2/c1-6-13-10-18(9-8-17(13)5)11-14(16-12(3)4)15(19)20-7-2/h12-14,16H,6-11H2,1-5H3. The summed E-state index contributed by atoms with van der Waals surface area (Å²) in [6.07, 6.45) is 1.15. The van der Waals surface area contributed by atoms with Crippen LogP contribution < -0.4 is 5.32 Å². The molecule has 118 valence electrons. The molecule has 1 heterocycles. The molecule has 0 saturated carbocycles. The predicted molar refractivity (Wildman–Crippen MR) is 81.8 cm³/mol. The van der Waals surface area contributed by atoms with Crippen molar-refractivity contribution < 1.29 is 9.53 Å². The smallest absolute Gasteiger partial charge is 0.324 e. The van der Waals surface area contributed by atoms with E-state index < -0.39 is 0 Å². The molecule has 0 aromatic carbocycles. The van der Waals surface area contributed by atoms with Gasteiger partial charge in [-0.3, -0.25) is 9.69 Å². The van der Waals surface area contributed by atoms with Gasteiger partial charge in [-0.2, -0.15) is 0 Å². The molecule has 0 spiro atoms. The van der Waals surface area contributed by atoms with Gasteiger partial charge in [0.25, 0.3) is 0 Å². The van der Waals surface area contributed by atoms with Crippen molar-refractivity contribution in [1.29, 1.82) is 0 Å². The third-order valence-corrected chi connectivity index (χ3v) is 3.88. The molecule has 1 rings (SSSR count). The Morgan fingerprint density at radius 2 is 2.05 bits per heavy atom. The lowest BCUT2D eigenvalue weighted by atomic mass is 10.1. The van der Waals surface area contributed by atoms with E-state index in [1.54, 1.807) is 0 Å². The Bertz CT molecular complexity index is 297. The Morgan fingerprint density at radius 3 is 2.60 bits per heavy atom. The number of esters is 1. The van der Waals surface area contributed by atoms with E-state index >= 15 is 0 Å². The van der Waals surface area contributed by atoms with Gasteiger partial charge in [-0.1, -0.05) is 20.8 Å². The summed E-state index contributed by atoms with van der Waals surface area (Å²) in [7, 11) is 2.18. The molecule has 1 N–H and O–H groups in total.